The molecule has 2 N–H and O–H groups in total. The SMILES string of the molecule is O=C(O)c1cc(C2CNC2)no1. The molecule has 1 aliphatic rings. The van der Waals surface area contributed by atoms with Gasteiger partial charge >= 0.3 is 5.97 Å². The Hall–Kier alpha value is -1.36. The summed E-state index contributed by atoms with van der Waals surface area (Å²) in [5, 5.41) is 15.3. The largest absolute Gasteiger partial charge is 0.475 e. The van der Waals surface area contributed by atoms with Gasteiger partial charge in [0.25, 0.3) is 0 Å². The van der Waals surface area contributed by atoms with E-state index in [9.17, 15) is 4.79 Å². The van der Waals surface area contributed by atoms with Crippen LogP contribution in [0.5, 0.6) is 0 Å². The molecule has 1 aromatic heterocycles. The van der Waals surface area contributed by atoms with E-state index in [1.54, 1.807) is 0 Å². The summed E-state index contributed by atoms with van der Waals surface area (Å²) in [5.74, 6) is -0.834. The topological polar surface area (TPSA) is 75.4 Å². The van der Waals surface area contributed by atoms with E-state index in [1.807, 2.05) is 0 Å². The number of carboxylic acids is 1. The first-order chi connectivity index (χ1) is 5.77. The number of carboxylic acid groups (broad SMARTS) is 1. The predicted octanol–water partition coefficient (Wildman–Crippen LogP) is 0.0596. The van der Waals surface area contributed by atoms with Crippen LogP contribution < -0.4 is 5.32 Å². The molecule has 0 aliphatic carbocycles. The Kier molecular flexibility index (Phi) is 1.58. The highest BCUT2D eigenvalue weighted by Crippen LogP contribution is 2.18. The third kappa shape index (κ3) is 1.08. The van der Waals surface area contributed by atoms with Crippen molar-refractivity contribution in [3.05, 3.63) is 17.5 Å². The quantitative estimate of drug-likeness (QED) is 0.653. The molecule has 1 aromatic rings. The Labute approximate surface area is 68.4 Å². The first-order valence-electron chi connectivity index (χ1n) is 3.68. The predicted molar refractivity (Wildman–Crippen MR) is 39.1 cm³/mol. The van der Waals surface area contributed by atoms with Gasteiger partial charge in [0.1, 0.15) is 0 Å². The molecule has 5 nitrogen and oxygen atoms in total. The molecule has 0 amide bonds. The van der Waals surface area contributed by atoms with Gasteiger partial charge in [0, 0.05) is 25.1 Å². The summed E-state index contributed by atoms with van der Waals surface area (Å²) in [6, 6.07) is 1.48. The summed E-state index contributed by atoms with van der Waals surface area (Å²) in [6.45, 7) is 1.71. The van der Waals surface area contributed by atoms with Crippen LogP contribution >= 0.6 is 0 Å². The molecule has 2 heterocycles. The summed E-state index contributed by atoms with van der Waals surface area (Å²) in [5.41, 5.74) is 0.728. The fraction of sp³-hybridized carbons (Fsp3) is 0.429. The molecule has 0 spiro atoms. The molecule has 0 radical (unpaired) electrons. The van der Waals surface area contributed by atoms with Crippen molar-refractivity contribution < 1.29 is 14.4 Å². The molecular weight excluding hydrogens is 160 g/mol. The number of hydrogen-bond acceptors (Lipinski definition) is 4. The maximum atomic E-state index is 10.4. The Morgan fingerprint density at radius 3 is 2.92 bits per heavy atom. The van der Waals surface area contributed by atoms with E-state index in [1.165, 1.54) is 6.07 Å². The van der Waals surface area contributed by atoms with E-state index in [0.29, 0.717) is 5.92 Å². The minimum Gasteiger partial charge on any atom is -0.475 e. The summed E-state index contributed by atoms with van der Waals surface area (Å²) >= 11 is 0. The average molecular weight is 168 g/mol. The molecule has 12 heavy (non-hydrogen) atoms. The number of rotatable bonds is 2. The molecule has 0 saturated carbocycles. The zero-order chi connectivity index (χ0) is 8.55. The van der Waals surface area contributed by atoms with Crippen LogP contribution in [0.3, 0.4) is 0 Å². The van der Waals surface area contributed by atoms with Crippen molar-refractivity contribution in [2.45, 2.75) is 5.92 Å². The van der Waals surface area contributed by atoms with Crippen LogP contribution in [0.1, 0.15) is 22.2 Å². The molecule has 2 rings (SSSR count). The third-order valence-electron chi connectivity index (χ3n) is 1.94. The van der Waals surface area contributed by atoms with Crippen LogP contribution in [0.25, 0.3) is 0 Å². The summed E-state index contributed by atoms with van der Waals surface area (Å²) in [4.78, 5) is 10.4. The molecule has 64 valence electrons. The first-order valence-corrected chi connectivity index (χ1v) is 3.68. The monoisotopic (exact) mass is 168 g/mol. The Bertz CT molecular complexity index is 303. The fourth-order valence-electron chi connectivity index (χ4n) is 1.08. The van der Waals surface area contributed by atoms with Gasteiger partial charge in [-0.2, -0.15) is 0 Å². The molecule has 1 aliphatic heterocycles. The summed E-state index contributed by atoms with van der Waals surface area (Å²) in [7, 11) is 0. The van der Waals surface area contributed by atoms with Gasteiger partial charge in [-0.3, -0.25) is 0 Å². The van der Waals surface area contributed by atoms with Crippen LogP contribution in [0.2, 0.25) is 0 Å². The minimum atomic E-state index is -1.07. The summed E-state index contributed by atoms with van der Waals surface area (Å²) < 4.78 is 4.61. The van der Waals surface area contributed by atoms with Gasteiger partial charge in [-0.15, -0.1) is 0 Å². The zero-order valence-corrected chi connectivity index (χ0v) is 6.28. The number of aromatic carboxylic acids is 1. The Balaban J connectivity index is 2.17. The van der Waals surface area contributed by atoms with Gasteiger partial charge in [-0.25, -0.2) is 4.79 Å². The zero-order valence-electron chi connectivity index (χ0n) is 6.28. The van der Waals surface area contributed by atoms with Gasteiger partial charge in [-0.05, 0) is 0 Å². The second kappa shape index (κ2) is 2.60. The van der Waals surface area contributed by atoms with Crippen LogP contribution in [0.4, 0.5) is 0 Å². The molecule has 0 atom stereocenters. The lowest BCUT2D eigenvalue weighted by molar-refractivity contribution is 0.0652. The van der Waals surface area contributed by atoms with Crippen molar-refractivity contribution in [3.8, 4) is 0 Å². The number of nitrogens with one attached hydrogen (secondary N) is 1. The van der Waals surface area contributed by atoms with Gasteiger partial charge in [0.15, 0.2) is 0 Å². The molecule has 0 aromatic carbocycles. The van der Waals surface area contributed by atoms with Crippen molar-refractivity contribution in [2.24, 2.45) is 0 Å². The van der Waals surface area contributed by atoms with Gasteiger partial charge in [-0.1, -0.05) is 5.16 Å². The van der Waals surface area contributed by atoms with Gasteiger partial charge in [0.2, 0.25) is 5.76 Å². The highest BCUT2D eigenvalue weighted by Gasteiger charge is 2.23. The lowest BCUT2D eigenvalue weighted by atomic mass is 9.99. The van der Waals surface area contributed by atoms with Crippen molar-refractivity contribution in [2.75, 3.05) is 13.1 Å². The van der Waals surface area contributed by atoms with Crippen molar-refractivity contribution in [3.63, 3.8) is 0 Å². The molecule has 5 heteroatoms. The molecule has 1 fully saturated rings. The minimum absolute atomic E-state index is 0.0862. The molecular formula is C7H8N2O3. The van der Waals surface area contributed by atoms with E-state index in [-0.39, 0.29) is 5.76 Å². The van der Waals surface area contributed by atoms with E-state index < -0.39 is 5.97 Å². The Morgan fingerprint density at radius 1 is 1.75 bits per heavy atom. The van der Waals surface area contributed by atoms with Gasteiger partial charge < -0.3 is 14.9 Å². The number of carbonyl (C=O) groups is 1. The normalized spacial score (nSPS) is 17.3. The fourth-order valence-corrected chi connectivity index (χ4v) is 1.08. The highest BCUT2D eigenvalue weighted by molar-refractivity contribution is 5.84. The Morgan fingerprint density at radius 2 is 2.50 bits per heavy atom. The standard InChI is InChI=1S/C7H8N2O3/c10-7(11)6-1-5(9-12-6)4-2-8-3-4/h1,4,8H,2-3H2,(H,10,11). The smallest absolute Gasteiger partial charge is 0.374 e. The second-order valence-electron chi connectivity index (χ2n) is 2.78. The number of nitrogens with zero attached hydrogens (tertiary/aromatic N) is 1. The second-order valence-corrected chi connectivity index (χ2v) is 2.78. The van der Waals surface area contributed by atoms with Gasteiger partial charge in [0.05, 0.1) is 5.69 Å². The van der Waals surface area contributed by atoms with E-state index in [2.05, 4.69) is 15.0 Å². The summed E-state index contributed by atoms with van der Waals surface area (Å²) in [6.07, 6.45) is 0. The lowest BCUT2D eigenvalue weighted by Crippen LogP contribution is -2.40. The van der Waals surface area contributed by atoms with Crippen LogP contribution in [-0.2, 0) is 0 Å². The first kappa shape index (κ1) is 7.30. The number of hydrogen-bond donors (Lipinski definition) is 2. The molecule has 0 bridgehead atoms. The van der Waals surface area contributed by atoms with E-state index >= 15 is 0 Å². The maximum absolute atomic E-state index is 10.4. The van der Waals surface area contributed by atoms with Crippen LogP contribution in [0, 0.1) is 0 Å². The van der Waals surface area contributed by atoms with Crippen molar-refractivity contribution >= 4 is 5.97 Å². The van der Waals surface area contributed by atoms with Crippen LogP contribution in [0.15, 0.2) is 10.6 Å². The van der Waals surface area contributed by atoms with E-state index in [4.69, 9.17) is 5.11 Å². The average Bonchev–Trinajstić information content (AvgIpc) is 2.32. The van der Waals surface area contributed by atoms with Crippen LogP contribution in [-0.4, -0.2) is 29.3 Å². The highest BCUT2D eigenvalue weighted by atomic mass is 16.5. The van der Waals surface area contributed by atoms with Crippen molar-refractivity contribution in [1.82, 2.24) is 10.5 Å². The molecule has 0 unspecified atom stereocenters. The maximum Gasteiger partial charge on any atom is 0.374 e. The third-order valence-corrected chi connectivity index (χ3v) is 1.94. The molecule has 1 saturated heterocycles. The lowest BCUT2D eigenvalue weighted by Gasteiger charge is -2.24. The van der Waals surface area contributed by atoms with Crippen molar-refractivity contribution in [1.29, 1.82) is 0 Å². The number of aromatic nitrogens is 1. The van der Waals surface area contributed by atoms with E-state index in [0.717, 1.165) is 18.8 Å².